The van der Waals surface area contributed by atoms with Gasteiger partial charge in [0.25, 0.3) is 0 Å². The SMILES string of the molecule is C=C(C)OP(=O)(Oc1ccc(C(C)C)cc1)Oc1ccc(C(C)C)cc1. The lowest BCUT2D eigenvalue weighted by molar-refractivity contribution is 0.258. The molecule has 0 atom stereocenters. The van der Waals surface area contributed by atoms with Crippen molar-refractivity contribution in [1.29, 1.82) is 0 Å². The summed E-state index contributed by atoms with van der Waals surface area (Å²) in [6.45, 7) is 13.7. The van der Waals surface area contributed by atoms with E-state index in [4.69, 9.17) is 13.6 Å². The number of benzene rings is 2. The molecule has 0 aromatic heterocycles. The molecule has 0 saturated carbocycles. The van der Waals surface area contributed by atoms with Gasteiger partial charge in [0.2, 0.25) is 0 Å². The van der Waals surface area contributed by atoms with Crippen molar-refractivity contribution < 1.29 is 18.1 Å². The maximum absolute atomic E-state index is 13.1. The van der Waals surface area contributed by atoms with Gasteiger partial charge in [-0.3, -0.25) is 0 Å². The molecule has 0 aliphatic heterocycles. The van der Waals surface area contributed by atoms with Crippen LogP contribution in [0.2, 0.25) is 0 Å². The summed E-state index contributed by atoms with van der Waals surface area (Å²) in [6, 6.07) is 14.8. The molecule has 0 saturated heterocycles. The Hall–Kier alpha value is -2.19. The van der Waals surface area contributed by atoms with Crippen LogP contribution in [-0.2, 0) is 9.09 Å². The van der Waals surface area contributed by atoms with E-state index in [0.717, 1.165) is 11.1 Å². The summed E-state index contributed by atoms with van der Waals surface area (Å²) in [4.78, 5) is 0. The monoisotopic (exact) mass is 374 g/mol. The third kappa shape index (κ3) is 5.67. The Bertz CT molecular complexity index is 719. The summed E-state index contributed by atoms with van der Waals surface area (Å²) in [5.74, 6) is 1.89. The largest absolute Gasteiger partial charge is 0.646 e. The van der Waals surface area contributed by atoms with E-state index in [1.165, 1.54) is 0 Å². The molecule has 0 amide bonds. The van der Waals surface area contributed by atoms with E-state index in [1.54, 1.807) is 31.2 Å². The highest BCUT2D eigenvalue weighted by atomic mass is 31.2. The van der Waals surface area contributed by atoms with E-state index in [0.29, 0.717) is 23.3 Å². The van der Waals surface area contributed by atoms with Gasteiger partial charge in [-0.2, -0.15) is 4.57 Å². The maximum Gasteiger partial charge on any atom is 0.646 e. The predicted molar refractivity (Wildman–Crippen MR) is 106 cm³/mol. The van der Waals surface area contributed by atoms with Gasteiger partial charge in [0, 0.05) is 0 Å². The zero-order chi connectivity index (χ0) is 19.3. The smallest absolute Gasteiger partial charge is 0.391 e. The molecule has 0 aliphatic carbocycles. The Labute approximate surface area is 156 Å². The molecule has 4 nitrogen and oxygen atoms in total. The zero-order valence-corrected chi connectivity index (χ0v) is 17.0. The maximum atomic E-state index is 13.1. The Kier molecular flexibility index (Phi) is 6.55. The van der Waals surface area contributed by atoms with E-state index in [2.05, 4.69) is 34.3 Å². The third-order valence-electron chi connectivity index (χ3n) is 3.80. The van der Waals surface area contributed by atoms with Crippen molar-refractivity contribution in [3.8, 4) is 11.5 Å². The molecule has 0 N–H and O–H groups in total. The first kappa shape index (κ1) is 20.1. The molecular weight excluding hydrogens is 347 g/mol. The van der Waals surface area contributed by atoms with Gasteiger partial charge in [-0.15, -0.1) is 0 Å². The summed E-state index contributed by atoms with van der Waals surface area (Å²) in [5.41, 5.74) is 2.33. The first-order valence-corrected chi connectivity index (χ1v) is 10.2. The summed E-state index contributed by atoms with van der Waals surface area (Å²) < 4.78 is 29.5. The number of hydrogen-bond donors (Lipinski definition) is 0. The molecule has 0 bridgehead atoms. The van der Waals surface area contributed by atoms with Crippen LogP contribution in [0, 0.1) is 0 Å². The fourth-order valence-corrected chi connectivity index (χ4v) is 3.59. The first-order chi connectivity index (χ1) is 12.2. The molecule has 0 unspecified atom stereocenters. The van der Waals surface area contributed by atoms with Crippen LogP contribution in [0.5, 0.6) is 11.5 Å². The highest BCUT2D eigenvalue weighted by Crippen LogP contribution is 2.51. The molecule has 2 aromatic rings. The normalized spacial score (nSPS) is 11.5. The zero-order valence-electron chi connectivity index (χ0n) is 16.1. The van der Waals surface area contributed by atoms with Crippen LogP contribution in [0.4, 0.5) is 0 Å². The molecule has 0 aliphatic rings. The van der Waals surface area contributed by atoms with Gasteiger partial charge in [-0.25, -0.2) is 0 Å². The lowest BCUT2D eigenvalue weighted by Crippen LogP contribution is -2.04. The number of hydrogen-bond acceptors (Lipinski definition) is 4. The molecule has 5 heteroatoms. The van der Waals surface area contributed by atoms with Gasteiger partial charge in [0.15, 0.2) is 0 Å². The van der Waals surface area contributed by atoms with Crippen LogP contribution in [0.15, 0.2) is 60.9 Å². The van der Waals surface area contributed by atoms with E-state index in [9.17, 15) is 4.57 Å². The second kappa shape index (κ2) is 8.46. The molecule has 140 valence electrons. The van der Waals surface area contributed by atoms with Crippen molar-refractivity contribution in [2.24, 2.45) is 0 Å². The molecule has 26 heavy (non-hydrogen) atoms. The van der Waals surface area contributed by atoms with Crippen LogP contribution >= 0.6 is 7.82 Å². The number of phosphoric ester groups is 1. The number of rotatable bonds is 8. The van der Waals surface area contributed by atoms with E-state index >= 15 is 0 Å². The van der Waals surface area contributed by atoms with Crippen molar-refractivity contribution in [2.75, 3.05) is 0 Å². The standard InChI is InChI=1S/C21H27O4P/c1-15(2)18-7-11-20(12-8-18)24-26(22,23-17(5)6)25-21-13-9-19(10-14-21)16(3)4/h7-16H,5H2,1-4,6H3. The molecule has 2 rings (SSSR count). The third-order valence-corrected chi connectivity index (χ3v) is 5.20. The topological polar surface area (TPSA) is 44.8 Å². The van der Waals surface area contributed by atoms with Gasteiger partial charge in [-0.1, -0.05) is 58.5 Å². The van der Waals surface area contributed by atoms with E-state index in [-0.39, 0.29) is 5.76 Å². The Balaban J connectivity index is 2.21. The van der Waals surface area contributed by atoms with Gasteiger partial charge >= 0.3 is 7.82 Å². The van der Waals surface area contributed by atoms with Crippen LogP contribution in [-0.4, -0.2) is 0 Å². The average Bonchev–Trinajstić information content (AvgIpc) is 2.54. The summed E-state index contributed by atoms with van der Waals surface area (Å²) in [7, 11) is -3.90. The summed E-state index contributed by atoms with van der Waals surface area (Å²) >= 11 is 0. The average molecular weight is 374 g/mol. The quantitative estimate of drug-likeness (QED) is 0.367. The van der Waals surface area contributed by atoms with Gasteiger partial charge in [0.05, 0.1) is 0 Å². The van der Waals surface area contributed by atoms with Crippen LogP contribution in [0.3, 0.4) is 0 Å². The predicted octanol–water partition coefficient (Wildman–Crippen LogP) is 7.05. The van der Waals surface area contributed by atoms with Gasteiger partial charge < -0.3 is 13.6 Å². The van der Waals surface area contributed by atoms with Crippen molar-refractivity contribution >= 4 is 7.82 Å². The van der Waals surface area contributed by atoms with Crippen LogP contribution in [0.1, 0.15) is 57.6 Å². The highest BCUT2D eigenvalue weighted by molar-refractivity contribution is 7.49. The van der Waals surface area contributed by atoms with Crippen molar-refractivity contribution in [1.82, 2.24) is 0 Å². The molecule has 0 fully saturated rings. The highest BCUT2D eigenvalue weighted by Gasteiger charge is 2.32. The minimum Gasteiger partial charge on any atom is -0.391 e. The lowest BCUT2D eigenvalue weighted by Gasteiger charge is -2.20. The lowest BCUT2D eigenvalue weighted by atomic mass is 10.0. The Morgan fingerprint density at radius 3 is 1.42 bits per heavy atom. The van der Waals surface area contributed by atoms with Crippen molar-refractivity contribution in [3.05, 3.63) is 72.0 Å². The first-order valence-electron chi connectivity index (χ1n) is 8.73. The fourth-order valence-electron chi connectivity index (χ4n) is 2.33. The van der Waals surface area contributed by atoms with Gasteiger partial charge in [-0.05, 0) is 54.2 Å². The van der Waals surface area contributed by atoms with E-state index < -0.39 is 7.82 Å². The van der Waals surface area contributed by atoms with Crippen LogP contribution in [0.25, 0.3) is 0 Å². The molecule has 0 heterocycles. The number of phosphoric acid groups is 1. The van der Waals surface area contributed by atoms with Crippen LogP contribution < -0.4 is 9.05 Å². The Morgan fingerprint density at radius 1 is 0.808 bits per heavy atom. The minimum atomic E-state index is -3.90. The molecule has 0 radical (unpaired) electrons. The molecule has 2 aromatic carbocycles. The fraction of sp³-hybridized carbons (Fsp3) is 0.333. The summed E-state index contributed by atoms with van der Waals surface area (Å²) in [6.07, 6.45) is 0. The van der Waals surface area contributed by atoms with Gasteiger partial charge in [0.1, 0.15) is 17.3 Å². The molecule has 0 spiro atoms. The minimum absolute atomic E-state index is 0.255. The second-order valence-electron chi connectivity index (χ2n) is 6.87. The van der Waals surface area contributed by atoms with E-state index in [1.807, 2.05) is 24.3 Å². The Morgan fingerprint density at radius 2 is 1.15 bits per heavy atom. The van der Waals surface area contributed by atoms with Crippen molar-refractivity contribution in [2.45, 2.75) is 46.5 Å². The molecular formula is C21H27O4P. The number of allylic oxidation sites excluding steroid dienone is 1. The second-order valence-corrected chi connectivity index (χ2v) is 8.31. The van der Waals surface area contributed by atoms with Crippen molar-refractivity contribution in [3.63, 3.8) is 0 Å². The summed E-state index contributed by atoms with van der Waals surface area (Å²) in [5, 5.41) is 0.